The molecule has 0 aliphatic heterocycles. The molecule has 0 aromatic heterocycles. The lowest BCUT2D eigenvalue weighted by atomic mass is 10.1. The quantitative estimate of drug-likeness (QED) is 0.645. The van der Waals surface area contributed by atoms with Crippen LogP contribution in [-0.4, -0.2) is 17.4 Å². The third-order valence-corrected chi connectivity index (χ3v) is 2.30. The van der Waals surface area contributed by atoms with Crippen molar-refractivity contribution in [3.63, 3.8) is 0 Å². The van der Waals surface area contributed by atoms with Gasteiger partial charge in [0.1, 0.15) is 0 Å². The lowest BCUT2D eigenvalue weighted by Gasteiger charge is -2.15. The SMILES string of the molecule is C=C(C(O)C1CC1C)C(F)(F)F. The summed E-state index contributed by atoms with van der Waals surface area (Å²) in [5.74, 6) is -0.0433. The molecule has 0 saturated heterocycles. The average Bonchev–Trinajstić information content (AvgIpc) is 2.62. The van der Waals surface area contributed by atoms with Gasteiger partial charge >= 0.3 is 6.18 Å². The monoisotopic (exact) mass is 180 g/mol. The third-order valence-electron chi connectivity index (χ3n) is 2.30. The van der Waals surface area contributed by atoms with Crippen molar-refractivity contribution in [2.75, 3.05) is 0 Å². The first-order chi connectivity index (χ1) is 5.34. The molecule has 70 valence electrons. The van der Waals surface area contributed by atoms with Gasteiger partial charge in [-0.25, -0.2) is 0 Å². The first-order valence-corrected chi connectivity index (χ1v) is 3.78. The van der Waals surface area contributed by atoms with Crippen LogP contribution in [0.5, 0.6) is 0 Å². The highest BCUT2D eigenvalue weighted by atomic mass is 19.4. The molecule has 1 nitrogen and oxygen atoms in total. The predicted octanol–water partition coefficient (Wildman–Crippen LogP) is 2.12. The Kier molecular flexibility index (Phi) is 2.21. The zero-order valence-electron chi connectivity index (χ0n) is 6.73. The Hall–Kier alpha value is -0.510. The van der Waals surface area contributed by atoms with Crippen molar-refractivity contribution in [2.45, 2.75) is 25.6 Å². The molecule has 1 aliphatic rings. The van der Waals surface area contributed by atoms with Gasteiger partial charge in [-0.05, 0) is 18.3 Å². The maximum atomic E-state index is 12.0. The third kappa shape index (κ3) is 1.80. The number of hydrogen-bond acceptors (Lipinski definition) is 1. The minimum absolute atomic E-state index is 0.194. The van der Waals surface area contributed by atoms with Gasteiger partial charge < -0.3 is 5.11 Å². The van der Waals surface area contributed by atoms with Crippen LogP contribution in [0.4, 0.5) is 13.2 Å². The van der Waals surface area contributed by atoms with E-state index < -0.39 is 17.9 Å². The summed E-state index contributed by atoms with van der Waals surface area (Å²) in [5, 5.41) is 9.14. The second-order valence-electron chi connectivity index (χ2n) is 3.34. The van der Waals surface area contributed by atoms with E-state index in [4.69, 9.17) is 5.11 Å². The fourth-order valence-electron chi connectivity index (χ4n) is 1.22. The Bertz CT molecular complexity index is 197. The molecular weight excluding hydrogens is 169 g/mol. The molecule has 0 radical (unpaired) electrons. The van der Waals surface area contributed by atoms with E-state index in [1.54, 1.807) is 0 Å². The van der Waals surface area contributed by atoms with Crippen LogP contribution in [0.2, 0.25) is 0 Å². The smallest absolute Gasteiger partial charge is 0.388 e. The van der Waals surface area contributed by atoms with Gasteiger partial charge in [0, 0.05) is 0 Å². The molecule has 1 rings (SSSR count). The molecule has 4 heteroatoms. The average molecular weight is 180 g/mol. The largest absolute Gasteiger partial charge is 0.414 e. The first kappa shape index (κ1) is 9.58. The van der Waals surface area contributed by atoms with Crippen molar-refractivity contribution in [1.82, 2.24) is 0 Å². The molecule has 3 unspecified atom stereocenters. The van der Waals surface area contributed by atoms with Gasteiger partial charge in [-0.3, -0.25) is 0 Å². The molecule has 0 heterocycles. The summed E-state index contributed by atoms with van der Waals surface area (Å²) < 4.78 is 35.9. The van der Waals surface area contributed by atoms with Gasteiger partial charge in [-0.1, -0.05) is 13.5 Å². The molecule has 1 saturated carbocycles. The number of aliphatic hydroxyl groups excluding tert-OH is 1. The fourth-order valence-corrected chi connectivity index (χ4v) is 1.22. The van der Waals surface area contributed by atoms with Crippen molar-refractivity contribution >= 4 is 0 Å². The number of halogens is 3. The molecule has 1 aliphatic carbocycles. The lowest BCUT2D eigenvalue weighted by Crippen LogP contribution is -2.25. The topological polar surface area (TPSA) is 20.2 Å². The molecule has 3 atom stereocenters. The second kappa shape index (κ2) is 2.76. The first-order valence-electron chi connectivity index (χ1n) is 3.78. The molecule has 0 aromatic carbocycles. The van der Waals surface area contributed by atoms with E-state index in [0.717, 1.165) is 0 Å². The van der Waals surface area contributed by atoms with Crippen molar-refractivity contribution in [3.8, 4) is 0 Å². The number of hydrogen-bond donors (Lipinski definition) is 1. The Morgan fingerprint density at radius 2 is 2.00 bits per heavy atom. The van der Waals surface area contributed by atoms with E-state index in [2.05, 4.69) is 6.58 Å². The Labute approximate surface area is 68.9 Å². The van der Waals surface area contributed by atoms with Crippen LogP contribution in [-0.2, 0) is 0 Å². The van der Waals surface area contributed by atoms with E-state index in [9.17, 15) is 13.2 Å². The van der Waals surface area contributed by atoms with Crippen molar-refractivity contribution in [2.24, 2.45) is 11.8 Å². The summed E-state index contributed by atoms with van der Waals surface area (Å²) >= 11 is 0. The molecule has 0 amide bonds. The highest BCUT2D eigenvalue weighted by molar-refractivity contribution is 5.14. The van der Waals surface area contributed by atoms with Crippen LogP contribution in [0.15, 0.2) is 12.2 Å². The molecule has 1 fully saturated rings. The summed E-state index contributed by atoms with van der Waals surface area (Å²) in [6, 6.07) is 0. The molecule has 0 bridgehead atoms. The Balaban J connectivity index is 2.53. The van der Waals surface area contributed by atoms with Crippen LogP contribution in [0.1, 0.15) is 13.3 Å². The number of alkyl halides is 3. The van der Waals surface area contributed by atoms with Gasteiger partial charge in [-0.2, -0.15) is 13.2 Å². The van der Waals surface area contributed by atoms with Crippen LogP contribution in [0.25, 0.3) is 0 Å². The summed E-state index contributed by atoms with van der Waals surface area (Å²) in [5.41, 5.74) is -1.02. The van der Waals surface area contributed by atoms with Gasteiger partial charge in [-0.15, -0.1) is 0 Å². The zero-order chi connectivity index (χ0) is 9.52. The van der Waals surface area contributed by atoms with Crippen LogP contribution < -0.4 is 0 Å². The van der Waals surface area contributed by atoms with Gasteiger partial charge in [0.25, 0.3) is 0 Å². The molecular formula is C8H11F3O. The van der Waals surface area contributed by atoms with E-state index in [0.29, 0.717) is 6.42 Å². The summed E-state index contributed by atoms with van der Waals surface area (Å²) in [6.45, 7) is 4.66. The normalized spacial score (nSPS) is 31.4. The van der Waals surface area contributed by atoms with Crippen LogP contribution in [0, 0.1) is 11.8 Å². The van der Waals surface area contributed by atoms with E-state index in [-0.39, 0.29) is 11.8 Å². The molecule has 0 aromatic rings. The number of aliphatic hydroxyl groups is 1. The summed E-state index contributed by atoms with van der Waals surface area (Å²) in [6.07, 6.45) is -5.20. The predicted molar refractivity (Wildman–Crippen MR) is 38.5 cm³/mol. The van der Waals surface area contributed by atoms with Crippen molar-refractivity contribution in [3.05, 3.63) is 12.2 Å². The standard InChI is InChI=1S/C8H11F3O/c1-4-3-6(4)7(12)5(2)8(9,10)11/h4,6-7,12H,2-3H2,1H3. The van der Waals surface area contributed by atoms with Crippen molar-refractivity contribution in [1.29, 1.82) is 0 Å². The fraction of sp³-hybridized carbons (Fsp3) is 0.750. The number of rotatable bonds is 2. The maximum Gasteiger partial charge on any atom is 0.414 e. The Morgan fingerprint density at radius 3 is 2.25 bits per heavy atom. The van der Waals surface area contributed by atoms with Gasteiger partial charge in [0.2, 0.25) is 0 Å². The van der Waals surface area contributed by atoms with E-state index >= 15 is 0 Å². The van der Waals surface area contributed by atoms with Gasteiger partial charge in [0.15, 0.2) is 0 Å². The minimum atomic E-state index is -4.46. The zero-order valence-corrected chi connectivity index (χ0v) is 6.73. The van der Waals surface area contributed by atoms with Crippen molar-refractivity contribution < 1.29 is 18.3 Å². The molecule has 0 spiro atoms. The molecule has 12 heavy (non-hydrogen) atoms. The summed E-state index contributed by atoms with van der Waals surface area (Å²) in [4.78, 5) is 0. The van der Waals surface area contributed by atoms with E-state index in [1.165, 1.54) is 0 Å². The highest BCUT2D eigenvalue weighted by Crippen LogP contribution is 2.45. The highest BCUT2D eigenvalue weighted by Gasteiger charge is 2.46. The van der Waals surface area contributed by atoms with Crippen LogP contribution in [0.3, 0.4) is 0 Å². The molecule has 1 N–H and O–H groups in total. The minimum Gasteiger partial charge on any atom is -0.388 e. The summed E-state index contributed by atoms with van der Waals surface area (Å²) in [7, 11) is 0. The second-order valence-corrected chi connectivity index (χ2v) is 3.34. The lowest BCUT2D eigenvalue weighted by molar-refractivity contribution is -0.106. The van der Waals surface area contributed by atoms with E-state index in [1.807, 2.05) is 6.92 Å². The Morgan fingerprint density at radius 1 is 1.58 bits per heavy atom. The van der Waals surface area contributed by atoms with Gasteiger partial charge in [0.05, 0.1) is 11.7 Å². The van der Waals surface area contributed by atoms with Crippen LogP contribution >= 0.6 is 0 Å². The maximum absolute atomic E-state index is 12.0.